The van der Waals surface area contributed by atoms with Gasteiger partial charge in [0.15, 0.2) is 5.82 Å². The van der Waals surface area contributed by atoms with Gasteiger partial charge in [-0.05, 0) is 19.3 Å². The van der Waals surface area contributed by atoms with Crippen LogP contribution in [0.4, 0.5) is 11.8 Å². The van der Waals surface area contributed by atoms with Crippen LogP contribution >= 0.6 is 11.6 Å². The van der Waals surface area contributed by atoms with E-state index in [0.29, 0.717) is 23.3 Å². The normalized spacial score (nSPS) is 19.9. The van der Waals surface area contributed by atoms with E-state index in [9.17, 15) is 5.11 Å². The summed E-state index contributed by atoms with van der Waals surface area (Å²) in [6.07, 6.45) is 4.14. The van der Waals surface area contributed by atoms with E-state index in [1.165, 1.54) is 0 Å². The minimum atomic E-state index is -0.295. The van der Waals surface area contributed by atoms with E-state index >= 15 is 0 Å². The third-order valence-electron chi connectivity index (χ3n) is 2.95. The van der Waals surface area contributed by atoms with Crippen LogP contribution < -0.4 is 10.2 Å². The molecule has 0 saturated carbocycles. The van der Waals surface area contributed by atoms with Crippen LogP contribution in [0.2, 0.25) is 5.02 Å². The van der Waals surface area contributed by atoms with Gasteiger partial charge in [0.1, 0.15) is 5.02 Å². The van der Waals surface area contributed by atoms with Gasteiger partial charge in [-0.3, -0.25) is 0 Å². The van der Waals surface area contributed by atoms with Crippen molar-refractivity contribution in [3.63, 3.8) is 0 Å². The van der Waals surface area contributed by atoms with Crippen molar-refractivity contribution in [2.45, 2.75) is 32.3 Å². The Labute approximate surface area is 112 Å². The lowest BCUT2D eigenvalue weighted by atomic mass is 10.1. The Morgan fingerprint density at radius 2 is 2.44 bits per heavy atom. The lowest BCUT2D eigenvalue weighted by Gasteiger charge is -2.31. The molecule has 1 saturated heterocycles. The SMILES string of the molecule is CCCNc1ncc(Cl)c(N2CCCC(O)C2)n1. The molecule has 1 fully saturated rings. The summed E-state index contributed by atoms with van der Waals surface area (Å²) in [5, 5.41) is 13.4. The summed E-state index contributed by atoms with van der Waals surface area (Å²) in [6.45, 7) is 4.39. The lowest BCUT2D eigenvalue weighted by Crippen LogP contribution is -2.39. The van der Waals surface area contributed by atoms with Crippen molar-refractivity contribution in [1.29, 1.82) is 0 Å². The molecule has 18 heavy (non-hydrogen) atoms. The molecule has 2 heterocycles. The molecule has 5 nitrogen and oxygen atoms in total. The second kappa shape index (κ2) is 6.20. The smallest absolute Gasteiger partial charge is 0.224 e. The summed E-state index contributed by atoms with van der Waals surface area (Å²) in [5.41, 5.74) is 0. The largest absolute Gasteiger partial charge is 0.391 e. The van der Waals surface area contributed by atoms with Gasteiger partial charge in [-0.1, -0.05) is 18.5 Å². The van der Waals surface area contributed by atoms with Gasteiger partial charge in [0.25, 0.3) is 0 Å². The van der Waals surface area contributed by atoms with E-state index in [4.69, 9.17) is 11.6 Å². The lowest BCUT2D eigenvalue weighted by molar-refractivity contribution is 0.154. The van der Waals surface area contributed by atoms with Crippen molar-refractivity contribution in [3.8, 4) is 0 Å². The first-order valence-corrected chi connectivity index (χ1v) is 6.78. The maximum Gasteiger partial charge on any atom is 0.224 e. The molecule has 1 aromatic heterocycles. The zero-order valence-electron chi connectivity index (χ0n) is 10.6. The highest BCUT2D eigenvalue weighted by Gasteiger charge is 2.21. The highest BCUT2D eigenvalue weighted by atomic mass is 35.5. The first kappa shape index (κ1) is 13.4. The summed E-state index contributed by atoms with van der Waals surface area (Å²) in [7, 11) is 0. The van der Waals surface area contributed by atoms with Crippen molar-refractivity contribution in [1.82, 2.24) is 9.97 Å². The fourth-order valence-electron chi connectivity index (χ4n) is 2.05. The van der Waals surface area contributed by atoms with Crippen LogP contribution in [-0.4, -0.2) is 40.8 Å². The van der Waals surface area contributed by atoms with Gasteiger partial charge in [-0.25, -0.2) is 4.98 Å². The average Bonchev–Trinajstić information content (AvgIpc) is 2.38. The van der Waals surface area contributed by atoms with E-state index in [1.807, 2.05) is 4.90 Å². The Balaban J connectivity index is 2.14. The minimum Gasteiger partial charge on any atom is -0.391 e. The van der Waals surface area contributed by atoms with E-state index in [2.05, 4.69) is 22.2 Å². The number of aromatic nitrogens is 2. The molecule has 1 aliphatic rings. The predicted octanol–water partition coefficient (Wildman–Crippen LogP) is 1.91. The molecule has 0 aromatic carbocycles. The van der Waals surface area contributed by atoms with Crippen molar-refractivity contribution >= 4 is 23.4 Å². The Kier molecular flexibility index (Phi) is 4.60. The molecule has 2 N–H and O–H groups in total. The first-order valence-electron chi connectivity index (χ1n) is 6.40. The summed E-state index contributed by atoms with van der Waals surface area (Å²) in [5.74, 6) is 1.31. The number of anilines is 2. The second-order valence-electron chi connectivity index (χ2n) is 4.53. The standard InChI is InChI=1S/C12H19ClN4O/c1-2-5-14-12-15-7-10(13)11(16-12)17-6-3-4-9(18)8-17/h7,9,18H,2-6,8H2,1H3,(H,14,15,16). The van der Waals surface area contributed by atoms with Gasteiger partial charge in [0.05, 0.1) is 12.3 Å². The van der Waals surface area contributed by atoms with Gasteiger partial charge in [-0.2, -0.15) is 4.98 Å². The predicted molar refractivity (Wildman–Crippen MR) is 73.3 cm³/mol. The van der Waals surface area contributed by atoms with Gasteiger partial charge < -0.3 is 15.3 Å². The zero-order chi connectivity index (χ0) is 13.0. The number of rotatable bonds is 4. The van der Waals surface area contributed by atoms with Crippen LogP contribution in [0.15, 0.2) is 6.20 Å². The molecular weight excluding hydrogens is 252 g/mol. The molecule has 6 heteroatoms. The summed E-state index contributed by atoms with van der Waals surface area (Å²) >= 11 is 6.14. The molecule has 0 bridgehead atoms. The summed E-state index contributed by atoms with van der Waals surface area (Å²) in [4.78, 5) is 10.6. The molecule has 1 unspecified atom stereocenters. The number of piperidine rings is 1. The number of nitrogens with zero attached hydrogens (tertiary/aromatic N) is 3. The third-order valence-corrected chi connectivity index (χ3v) is 3.22. The van der Waals surface area contributed by atoms with Gasteiger partial charge in [0, 0.05) is 19.6 Å². The monoisotopic (exact) mass is 270 g/mol. The van der Waals surface area contributed by atoms with Crippen molar-refractivity contribution in [2.75, 3.05) is 29.9 Å². The summed E-state index contributed by atoms with van der Waals surface area (Å²) in [6, 6.07) is 0. The molecule has 0 amide bonds. The Morgan fingerprint density at radius 3 is 3.17 bits per heavy atom. The fourth-order valence-corrected chi connectivity index (χ4v) is 2.26. The Hall–Kier alpha value is -1.07. The topological polar surface area (TPSA) is 61.3 Å². The second-order valence-corrected chi connectivity index (χ2v) is 4.94. The van der Waals surface area contributed by atoms with E-state index in [0.717, 1.165) is 32.4 Å². The highest BCUT2D eigenvalue weighted by molar-refractivity contribution is 6.32. The van der Waals surface area contributed by atoms with Crippen LogP contribution in [0.5, 0.6) is 0 Å². The van der Waals surface area contributed by atoms with Crippen LogP contribution in [0, 0.1) is 0 Å². The molecule has 1 atom stereocenters. The van der Waals surface area contributed by atoms with E-state index in [1.54, 1.807) is 6.20 Å². The number of β-amino-alcohol motifs (C(OH)–C–C–N with tert-alkyl or cyclic N) is 1. The number of aliphatic hydroxyl groups excluding tert-OH is 1. The van der Waals surface area contributed by atoms with Gasteiger partial charge in [-0.15, -0.1) is 0 Å². The van der Waals surface area contributed by atoms with Crippen LogP contribution in [-0.2, 0) is 0 Å². The molecule has 0 radical (unpaired) electrons. The van der Waals surface area contributed by atoms with Gasteiger partial charge in [0.2, 0.25) is 5.95 Å². The van der Waals surface area contributed by atoms with E-state index in [-0.39, 0.29) is 6.10 Å². The average molecular weight is 271 g/mol. The molecule has 1 aliphatic heterocycles. The molecular formula is C12H19ClN4O. The quantitative estimate of drug-likeness (QED) is 0.875. The number of nitrogens with one attached hydrogen (secondary N) is 1. The number of aliphatic hydroxyl groups is 1. The van der Waals surface area contributed by atoms with Gasteiger partial charge >= 0.3 is 0 Å². The maximum absolute atomic E-state index is 9.70. The fraction of sp³-hybridized carbons (Fsp3) is 0.667. The molecule has 2 rings (SSSR count). The zero-order valence-corrected chi connectivity index (χ0v) is 11.3. The van der Waals surface area contributed by atoms with Crippen molar-refractivity contribution < 1.29 is 5.11 Å². The number of halogens is 1. The van der Waals surface area contributed by atoms with Crippen LogP contribution in [0.1, 0.15) is 26.2 Å². The molecule has 0 spiro atoms. The highest BCUT2D eigenvalue weighted by Crippen LogP contribution is 2.26. The minimum absolute atomic E-state index is 0.295. The first-order chi connectivity index (χ1) is 8.70. The Bertz CT molecular complexity index is 402. The van der Waals surface area contributed by atoms with Crippen LogP contribution in [0.3, 0.4) is 0 Å². The van der Waals surface area contributed by atoms with E-state index < -0.39 is 0 Å². The Morgan fingerprint density at radius 1 is 1.61 bits per heavy atom. The number of hydrogen-bond donors (Lipinski definition) is 2. The van der Waals surface area contributed by atoms with Crippen molar-refractivity contribution in [2.24, 2.45) is 0 Å². The summed E-state index contributed by atoms with van der Waals surface area (Å²) < 4.78 is 0. The molecule has 1 aromatic rings. The molecule has 100 valence electrons. The molecule has 0 aliphatic carbocycles. The number of hydrogen-bond acceptors (Lipinski definition) is 5. The van der Waals surface area contributed by atoms with Crippen molar-refractivity contribution in [3.05, 3.63) is 11.2 Å². The third kappa shape index (κ3) is 3.23. The van der Waals surface area contributed by atoms with Crippen LogP contribution in [0.25, 0.3) is 0 Å². The maximum atomic E-state index is 9.70.